The maximum atomic E-state index is 11.4. The van der Waals surface area contributed by atoms with Crippen LogP contribution in [-0.2, 0) is 14.3 Å². The highest BCUT2D eigenvalue weighted by atomic mass is 16.7. The number of carbonyl (C=O) groups excluding carboxylic acids is 1. The van der Waals surface area contributed by atoms with E-state index in [1.807, 2.05) is 13.8 Å². The lowest BCUT2D eigenvalue weighted by molar-refractivity contribution is -0.148. The molecule has 1 saturated carbocycles. The molecule has 3 heteroatoms. The Bertz CT molecular complexity index is 216. The van der Waals surface area contributed by atoms with Crippen molar-refractivity contribution in [3.05, 3.63) is 0 Å². The molecule has 0 bridgehead atoms. The number of rotatable bonds is 2. The number of esters is 1. The highest BCUT2D eigenvalue weighted by Crippen LogP contribution is 2.50. The van der Waals surface area contributed by atoms with Crippen LogP contribution in [0.2, 0.25) is 0 Å². The van der Waals surface area contributed by atoms with Gasteiger partial charge in [0.2, 0.25) is 0 Å². The van der Waals surface area contributed by atoms with Crippen LogP contribution in [0.15, 0.2) is 0 Å². The van der Waals surface area contributed by atoms with Crippen LogP contribution in [-0.4, -0.2) is 23.8 Å². The maximum Gasteiger partial charge on any atom is 0.338 e. The average molecular weight is 184 g/mol. The Labute approximate surface area is 78.4 Å². The van der Waals surface area contributed by atoms with Crippen LogP contribution in [0.4, 0.5) is 0 Å². The summed E-state index contributed by atoms with van der Waals surface area (Å²) in [6, 6.07) is 0. The van der Waals surface area contributed by atoms with Crippen LogP contribution in [0.3, 0.4) is 0 Å². The molecule has 3 nitrogen and oxygen atoms in total. The summed E-state index contributed by atoms with van der Waals surface area (Å²) in [5.41, 5.74) is -0.105. The summed E-state index contributed by atoms with van der Waals surface area (Å²) >= 11 is 0. The minimum Gasteiger partial charge on any atom is -0.461 e. The maximum absolute atomic E-state index is 11.4. The van der Waals surface area contributed by atoms with E-state index in [0.717, 1.165) is 12.8 Å². The van der Waals surface area contributed by atoms with Crippen molar-refractivity contribution in [2.45, 2.75) is 57.3 Å². The van der Waals surface area contributed by atoms with E-state index in [2.05, 4.69) is 0 Å². The molecule has 1 spiro atoms. The van der Waals surface area contributed by atoms with E-state index in [1.165, 1.54) is 12.8 Å². The normalized spacial score (nSPS) is 29.6. The Morgan fingerprint density at radius 3 is 2.62 bits per heavy atom. The van der Waals surface area contributed by atoms with Gasteiger partial charge in [0.15, 0.2) is 6.10 Å². The monoisotopic (exact) mass is 184 g/mol. The van der Waals surface area contributed by atoms with E-state index < -0.39 is 0 Å². The van der Waals surface area contributed by atoms with Crippen molar-refractivity contribution in [1.82, 2.24) is 0 Å². The van der Waals surface area contributed by atoms with Gasteiger partial charge in [-0.15, -0.1) is 0 Å². The van der Waals surface area contributed by atoms with Crippen LogP contribution in [0.25, 0.3) is 0 Å². The molecule has 74 valence electrons. The minimum absolute atomic E-state index is 0.0323. The third-order valence-electron chi connectivity index (χ3n) is 2.79. The predicted octanol–water partition coefficient (Wildman–Crippen LogP) is 1.65. The van der Waals surface area contributed by atoms with Gasteiger partial charge in [0.25, 0.3) is 0 Å². The molecule has 13 heavy (non-hydrogen) atoms. The molecule has 1 unspecified atom stereocenters. The van der Waals surface area contributed by atoms with Gasteiger partial charge >= 0.3 is 5.97 Å². The first-order valence-corrected chi connectivity index (χ1v) is 5.02. The molecular weight excluding hydrogens is 168 g/mol. The molecule has 0 N–H and O–H groups in total. The zero-order valence-corrected chi connectivity index (χ0v) is 8.21. The van der Waals surface area contributed by atoms with Gasteiger partial charge in [-0.2, -0.15) is 0 Å². The number of epoxide rings is 1. The first-order chi connectivity index (χ1) is 6.14. The van der Waals surface area contributed by atoms with Crippen molar-refractivity contribution in [1.29, 1.82) is 0 Å². The molecule has 2 fully saturated rings. The predicted molar refractivity (Wildman–Crippen MR) is 47.3 cm³/mol. The van der Waals surface area contributed by atoms with Gasteiger partial charge in [-0.3, -0.25) is 0 Å². The summed E-state index contributed by atoms with van der Waals surface area (Å²) in [6.45, 7) is 3.73. The van der Waals surface area contributed by atoms with Crippen molar-refractivity contribution < 1.29 is 14.3 Å². The highest BCUT2D eigenvalue weighted by molar-refractivity contribution is 5.79. The third kappa shape index (κ3) is 1.57. The van der Waals surface area contributed by atoms with Crippen molar-refractivity contribution in [2.75, 3.05) is 0 Å². The largest absolute Gasteiger partial charge is 0.461 e. The molecule has 0 amide bonds. The van der Waals surface area contributed by atoms with Gasteiger partial charge in [-0.1, -0.05) is 12.8 Å². The fourth-order valence-corrected chi connectivity index (χ4v) is 2.11. The molecule has 1 atom stereocenters. The Balaban J connectivity index is 1.87. The summed E-state index contributed by atoms with van der Waals surface area (Å²) in [6.07, 6.45) is 4.15. The van der Waals surface area contributed by atoms with E-state index in [1.54, 1.807) is 0 Å². The molecule has 0 aromatic heterocycles. The molecule has 0 aromatic rings. The van der Waals surface area contributed by atoms with Crippen LogP contribution in [0.1, 0.15) is 39.5 Å². The van der Waals surface area contributed by atoms with Crippen molar-refractivity contribution in [2.24, 2.45) is 0 Å². The summed E-state index contributed by atoms with van der Waals surface area (Å²) in [5, 5.41) is 0. The molecule has 2 rings (SSSR count). The Kier molecular flexibility index (Phi) is 2.06. The van der Waals surface area contributed by atoms with Crippen molar-refractivity contribution in [3.63, 3.8) is 0 Å². The van der Waals surface area contributed by atoms with Gasteiger partial charge in [0.1, 0.15) is 5.60 Å². The standard InChI is InChI=1S/C10H16O3/c1-7(2)12-9(11)8-10(13-8)5-3-4-6-10/h7-8H,3-6H2,1-2H3. The van der Waals surface area contributed by atoms with Gasteiger partial charge in [-0.05, 0) is 26.7 Å². The Hall–Kier alpha value is -0.570. The first kappa shape index (κ1) is 9.00. The SMILES string of the molecule is CC(C)OC(=O)C1OC12CCCC2. The molecule has 1 aliphatic carbocycles. The summed E-state index contributed by atoms with van der Waals surface area (Å²) < 4.78 is 10.6. The summed E-state index contributed by atoms with van der Waals surface area (Å²) in [4.78, 5) is 11.4. The summed E-state index contributed by atoms with van der Waals surface area (Å²) in [5.74, 6) is -0.170. The number of hydrogen-bond donors (Lipinski definition) is 0. The van der Waals surface area contributed by atoms with Gasteiger partial charge in [0.05, 0.1) is 6.10 Å². The summed E-state index contributed by atoms with van der Waals surface area (Å²) in [7, 11) is 0. The first-order valence-electron chi connectivity index (χ1n) is 5.02. The fourth-order valence-electron chi connectivity index (χ4n) is 2.11. The van der Waals surface area contributed by atoms with Crippen molar-refractivity contribution in [3.8, 4) is 0 Å². The Morgan fingerprint density at radius 1 is 1.46 bits per heavy atom. The highest BCUT2D eigenvalue weighted by Gasteiger charge is 2.62. The second kappa shape index (κ2) is 2.98. The van der Waals surface area contributed by atoms with Gasteiger partial charge in [0, 0.05) is 0 Å². The molecule has 0 aromatic carbocycles. The van der Waals surface area contributed by atoms with Crippen LogP contribution >= 0.6 is 0 Å². The zero-order valence-electron chi connectivity index (χ0n) is 8.21. The van der Waals surface area contributed by atoms with E-state index in [0.29, 0.717) is 0 Å². The second-order valence-electron chi connectivity index (χ2n) is 4.26. The molecule has 2 aliphatic rings. The molecule has 1 heterocycles. The lowest BCUT2D eigenvalue weighted by Crippen LogP contribution is -2.22. The smallest absolute Gasteiger partial charge is 0.338 e. The third-order valence-corrected chi connectivity index (χ3v) is 2.79. The topological polar surface area (TPSA) is 38.8 Å². The average Bonchev–Trinajstić information content (AvgIpc) is 2.49. The number of carbonyl (C=O) groups is 1. The second-order valence-corrected chi connectivity index (χ2v) is 4.26. The lowest BCUT2D eigenvalue weighted by Gasteiger charge is -2.06. The molecule has 1 saturated heterocycles. The van der Waals surface area contributed by atoms with Gasteiger partial charge < -0.3 is 9.47 Å². The van der Waals surface area contributed by atoms with Crippen LogP contribution < -0.4 is 0 Å². The molecule has 1 aliphatic heterocycles. The Morgan fingerprint density at radius 2 is 2.08 bits per heavy atom. The minimum atomic E-state index is -0.252. The number of hydrogen-bond acceptors (Lipinski definition) is 3. The van der Waals surface area contributed by atoms with Crippen LogP contribution in [0.5, 0.6) is 0 Å². The zero-order chi connectivity index (χ0) is 9.47. The quantitative estimate of drug-likeness (QED) is 0.484. The lowest BCUT2D eigenvalue weighted by atomic mass is 10.0. The van der Waals surface area contributed by atoms with E-state index in [4.69, 9.17) is 9.47 Å². The fraction of sp³-hybridized carbons (Fsp3) is 0.900. The van der Waals surface area contributed by atoms with Crippen molar-refractivity contribution >= 4 is 5.97 Å². The van der Waals surface area contributed by atoms with E-state index in [9.17, 15) is 4.79 Å². The van der Waals surface area contributed by atoms with E-state index in [-0.39, 0.29) is 23.8 Å². The van der Waals surface area contributed by atoms with Gasteiger partial charge in [-0.25, -0.2) is 4.79 Å². The van der Waals surface area contributed by atoms with E-state index >= 15 is 0 Å². The molecule has 0 radical (unpaired) electrons. The number of ether oxygens (including phenoxy) is 2. The van der Waals surface area contributed by atoms with Crippen LogP contribution in [0, 0.1) is 0 Å². The molecular formula is C10H16O3.